The normalized spacial score (nSPS) is 13.3. The molecular weight excluding hydrogens is 436 g/mol. The summed E-state index contributed by atoms with van der Waals surface area (Å²) in [6.07, 6.45) is -4.50. The molecule has 0 saturated carbocycles. The average molecular weight is 453 g/mol. The van der Waals surface area contributed by atoms with E-state index in [4.69, 9.17) is 0 Å². The topological polar surface area (TPSA) is 61.8 Å². The van der Waals surface area contributed by atoms with Gasteiger partial charge in [-0.15, -0.1) is 0 Å². The Bertz CT molecular complexity index is 1050. The van der Waals surface area contributed by atoms with Crippen molar-refractivity contribution in [3.63, 3.8) is 0 Å². The summed E-state index contributed by atoms with van der Waals surface area (Å²) >= 11 is 0. The second kappa shape index (κ2) is 8.17. The molecule has 0 atom stereocenters. The SMILES string of the molecule is C/C(=N\N(C)c1ccc(C(F)(F)F)cc1)c1cc(C)ccc1NS(=O)(=O)C(F)(F)F. The number of anilines is 2. The zero-order valence-electron chi connectivity index (χ0n) is 15.9. The Labute approximate surface area is 169 Å². The van der Waals surface area contributed by atoms with Crippen LogP contribution in [0.2, 0.25) is 0 Å². The van der Waals surface area contributed by atoms with Crippen LogP contribution >= 0.6 is 0 Å². The molecule has 0 aliphatic heterocycles. The summed E-state index contributed by atoms with van der Waals surface area (Å²) in [6, 6.07) is 8.13. The van der Waals surface area contributed by atoms with Gasteiger partial charge in [-0.1, -0.05) is 11.6 Å². The highest BCUT2D eigenvalue weighted by Gasteiger charge is 2.46. The van der Waals surface area contributed by atoms with Crippen LogP contribution in [0.3, 0.4) is 0 Å². The van der Waals surface area contributed by atoms with E-state index in [1.54, 1.807) is 6.92 Å². The minimum absolute atomic E-state index is 0.0848. The number of sulfonamides is 1. The van der Waals surface area contributed by atoms with Crippen LogP contribution in [0.4, 0.5) is 37.7 Å². The zero-order chi connectivity index (χ0) is 22.9. The van der Waals surface area contributed by atoms with Gasteiger partial charge in [-0.05, 0) is 50.2 Å². The maximum absolute atomic E-state index is 12.7. The van der Waals surface area contributed by atoms with Gasteiger partial charge in [-0.3, -0.25) is 9.73 Å². The van der Waals surface area contributed by atoms with Crippen molar-refractivity contribution < 1.29 is 34.8 Å². The molecule has 164 valence electrons. The van der Waals surface area contributed by atoms with Gasteiger partial charge in [0.05, 0.1) is 22.6 Å². The molecule has 30 heavy (non-hydrogen) atoms. The van der Waals surface area contributed by atoms with Gasteiger partial charge in [0.1, 0.15) is 0 Å². The number of halogens is 6. The molecule has 1 N–H and O–H groups in total. The van der Waals surface area contributed by atoms with E-state index in [0.717, 1.165) is 12.1 Å². The fourth-order valence-electron chi connectivity index (χ4n) is 2.45. The van der Waals surface area contributed by atoms with Crippen LogP contribution in [0.1, 0.15) is 23.6 Å². The largest absolute Gasteiger partial charge is 0.516 e. The van der Waals surface area contributed by atoms with Crippen LogP contribution in [0.15, 0.2) is 47.6 Å². The molecule has 5 nitrogen and oxygen atoms in total. The van der Waals surface area contributed by atoms with Crippen molar-refractivity contribution in [3.8, 4) is 0 Å². The van der Waals surface area contributed by atoms with Crippen molar-refractivity contribution in [2.45, 2.75) is 25.5 Å². The highest BCUT2D eigenvalue weighted by Crippen LogP contribution is 2.31. The Morgan fingerprint density at radius 3 is 2.07 bits per heavy atom. The predicted molar refractivity (Wildman–Crippen MR) is 102 cm³/mol. The Hall–Kier alpha value is -2.76. The van der Waals surface area contributed by atoms with Crippen LogP contribution in [0, 0.1) is 6.92 Å². The minimum atomic E-state index is -5.64. The molecule has 0 spiro atoms. The van der Waals surface area contributed by atoms with Crippen molar-refractivity contribution in [3.05, 3.63) is 59.2 Å². The Kier molecular flexibility index (Phi) is 6.40. The third-order valence-corrected chi connectivity index (χ3v) is 5.08. The number of alkyl halides is 6. The summed E-state index contributed by atoms with van der Waals surface area (Å²) in [7, 11) is -4.21. The molecule has 0 saturated heterocycles. The van der Waals surface area contributed by atoms with Gasteiger partial charge in [0.2, 0.25) is 0 Å². The van der Waals surface area contributed by atoms with Gasteiger partial charge in [-0.25, -0.2) is 0 Å². The lowest BCUT2D eigenvalue weighted by molar-refractivity contribution is -0.137. The van der Waals surface area contributed by atoms with E-state index >= 15 is 0 Å². The van der Waals surface area contributed by atoms with Gasteiger partial charge in [0, 0.05) is 12.6 Å². The first-order chi connectivity index (χ1) is 13.6. The van der Waals surface area contributed by atoms with E-state index in [1.165, 1.54) is 54.0 Å². The number of hydrazone groups is 1. The minimum Gasteiger partial charge on any atom is -0.275 e. The van der Waals surface area contributed by atoms with Crippen LogP contribution in [-0.2, 0) is 16.2 Å². The van der Waals surface area contributed by atoms with Crippen LogP contribution in [-0.4, -0.2) is 26.7 Å². The van der Waals surface area contributed by atoms with E-state index < -0.39 is 27.3 Å². The Morgan fingerprint density at radius 1 is 1.00 bits per heavy atom. The van der Waals surface area contributed by atoms with E-state index in [-0.39, 0.29) is 22.6 Å². The Morgan fingerprint density at radius 2 is 1.57 bits per heavy atom. The fourth-order valence-corrected chi connectivity index (χ4v) is 3.04. The number of benzene rings is 2. The number of hydrogen-bond donors (Lipinski definition) is 1. The molecule has 2 rings (SSSR count). The summed E-state index contributed by atoms with van der Waals surface area (Å²) in [5.41, 5.74) is -5.54. The molecule has 0 aromatic heterocycles. The molecule has 0 amide bonds. The first-order valence-electron chi connectivity index (χ1n) is 8.28. The molecule has 0 aliphatic rings. The molecule has 0 unspecified atom stereocenters. The average Bonchev–Trinajstić information content (AvgIpc) is 2.61. The summed E-state index contributed by atoms with van der Waals surface area (Å²) in [5, 5.41) is 5.38. The molecular formula is C18H17F6N3O2S. The van der Waals surface area contributed by atoms with Crippen LogP contribution < -0.4 is 9.73 Å². The van der Waals surface area contributed by atoms with Crippen molar-refractivity contribution in [1.29, 1.82) is 0 Å². The first kappa shape index (κ1) is 23.5. The first-order valence-corrected chi connectivity index (χ1v) is 9.76. The van der Waals surface area contributed by atoms with Crippen molar-refractivity contribution in [2.24, 2.45) is 5.10 Å². The highest BCUT2D eigenvalue weighted by molar-refractivity contribution is 7.93. The molecule has 2 aromatic carbocycles. The number of nitrogens with one attached hydrogen (secondary N) is 1. The van der Waals surface area contributed by atoms with E-state index in [2.05, 4.69) is 5.10 Å². The third-order valence-electron chi connectivity index (χ3n) is 3.98. The number of hydrogen-bond acceptors (Lipinski definition) is 4. The van der Waals surface area contributed by atoms with Gasteiger partial charge in [0.25, 0.3) is 0 Å². The van der Waals surface area contributed by atoms with Gasteiger partial charge in [0.15, 0.2) is 0 Å². The lowest BCUT2D eigenvalue weighted by Gasteiger charge is -2.18. The molecule has 2 aromatic rings. The number of nitrogens with zero attached hydrogens (tertiary/aromatic N) is 2. The van der Waals surface area contributed by atoms with E-state index in [0.29, 0.717) is 5.56 Å². The molecule has 0 radical (unpaired) electrons. The summed E-state index contributed by atoms with van der Waals surface area (Å²) in [6.45, 7) is 3.08. The molecule has 12 heteroatoms. The van der Waals surface area contributed by atoms with Crippen molar-refractivity contribution in [2.75, 3.05) is 16.8 Å². The second-order valence-corrected chi connectivity index (χ2v) is 8.03. The maximum atomic E-state index is 12.7. The van der Waals surface area contributed by atoms with E-state index in [1.807, 2.05) is 0 Å². The molecule has 0 fully saturated rings. The van der Waals surface area contributed by atoms with Crippen molar-refractivity contribution >= 4 is 27.1 Å². The lowest BCUT2D eigenvalue weighted by Crippen LogP contribution is -2.30. The predicted octanol–water partition coefficient (Wildman–Crippen LogP) is 5.14. The second-order valence-electron chi connectivity index (χ2n) is 6.35. The monoisotopic (exact) mass is 453 g/mol. The molecule has 0 bridgehead atoms. The van der Waals surface area contributed by atoms with Gasteiger partial charge in [-0.2, -0.15) is 39.9 Å². The Balaban J connectivity index is 2.39. The van der Waals surface area contributed by atoms with Gasteiger partial charge >= 0.3 is 21.7 Å². The molecule has 0 aliphatic carbocycles. The standard InChI is InChI=1S/C18H17F6N3O2S/c1-11-4-9-16(26-30(28,29)18(22,23)24)15(10-11)12(2)25-27(3)14-7-5-13(6-8-14)17(19,20)21/h4-10,26H,1-3H3/b25-12+. The fraction of sp³-hybridized carbons (Fsp3) is 0.278. The number of rotatable bonds is 5. The lowest BCUT2D eigenvalue weighted by atomic mass is 10.1. The van der Waals surface area contributed by atoms with Gasteiger partial charge < -0.3 is 0 Å². The summed E-state index contributed by atoms with van der Waals surface area (Å²) in [5.74, 6) is 0. The maximum Gasteiger partial charge on any atom is 0.516 e. The molecule has 0 heterocycles. The third kappa shape index (κ3) is 5.43. The van der Waals surface area contributed by atoms with E-state index in [9.17, 15) is 34.8 Å². The van der Waals surface area contributed by atoms with Crippen molar-refractivity contribution in [1.82, 2.24) is 0 Å². The quantitative estimate of drug-likeness (QED) is 0.388. The summed E-state index contributed by atoms with van der Waals surface area (Å²) < 4.78 is 101. The summed E-state index contributed by atoms with van der Waals surface area (Å²) in [4.78, 5) is 0. The van der Waals surface area contributed by atoms with Crippen LogP contribution in [0.5, 0.6) is 0 Å². The highest BCUT2D eigenvalue weighted by atomic mass is 32.2. The van der Waals surface area contributed by atoms with Crippen LogP contribution in [0.25, 0.3) is 0 Å². The smallest absolute Gasteiger partial charge is 0.275 e. The number of aryl methyl sites for hydroxylation is 1. The zero-order valence-corrected chi connectivity index (χ0v) is 16.7.